The van der Waals surface area contributed by atoms with Gasteiger partial charge in [-0.25, -0.2) is 0 Å². The number of hydrogen-bond acceptors (Lipinski definition) is 2. The largest absolute Gasteiger partial charge is 0.456 e. The molecule has 0 radical (unpaired) electrons. The fourth-order valence-corrected chi connectivity index (χ4v) is 8.21. The minimum Gasteiger partial charge on any atom is -0.456 e. The number of hydrogen-bond donors (Lipinski definition) is 0. The third-order valence-electron chi connectivity index (χ3n) is 10.3. The lowest BCUT2D eigenvalue weighted by Crippen LogP contribution is -1.97. The Kier molecular flexibility index (Phi) is 6.41. The van der Waals surface area contributed by atoms with Crippen LogP contribution in [0, 0.1) is 0 Å². The molecule has 49 heavy (non-hydrogen) atoms. The molecule has 10 rings (SSSR count). The Hall–Kier alpha value is -6.12. The van der Waals surface area contributed by atoms with Gasteiger partial charge in [0.1, 0.15) is 22.3 Å². The lowest BCUT2D eigenvalue weighted by molar-refractivity contribution is 0.662. The van der Waals surface area contributed by atoms with E-state index in [-0.39, 0.29) is 0 Å². The first-order chi connectivity index (χ1) is 24.3. The zero-order chi connectivity index (χ0) is 32.3. The van der Waals surface area contributed by atoms with E-state index in [1.807, 2.05) is 18.2 Å². The summed E-state index contributed by atoms with van der Waals surface area (Å²) in [7, 11) is 0. The second kappa shape index (κ2) is 11.2. The van der Waals surface area contributed by atoms with E-state index in [9.17, 15) is 0 Å². The highest BCUT2D eigenvalue weighted by atomic mass is 16.3. The molecule has 2 aromatic heterocycles. The van der Waals surface area contributed by atoms with Gasteiger partial charge in [0.05, 0.1) is 0 Å². The van der Waals surface area contributed by atoms with Crippen molar-refractivity contribution in [3.05, 3.63) is 169 Å². The quantitative estimate of drug-likeness (QED) is 0.171. The van der Waals surface area contributed by atoms with Gasteiger partial charge in [0.25, 0.3) is 0 Å². The molecule has 0 fully saturated rings. The second-order valence-electron chi connectivity index (χ2n) is 13.0. The molecular weight excluding hydrogens is 597 g/mol. The summed E-state index contributed by atoms with van der Waals surface area (Å²) in [6.45, 7) is 0. The number of benzene rings is 8. The lowest BCUT2D eigenvalue weighted by Gasteiger charge is -2.19. The Bertz CT molecular complexity index is 2790. The van der Waals surface area contributed by atoms with E-state index < -0.39 is 0 Å². The van der Waals surface area contributed by atoms with Crippen LogP contribution in [0.3, 0.4) is 0 Å². The first-order valence-corrected chi connectivity index (χ1v) is 17.1. The van der Waals surface area contributed by atoms with Crippen LogP contribution in [0.4, 0.5) is 0 Å². The number of fused-ring (bicyclic) bond motifs is 9. The summed E-state index contributed by atoms with van der Waals surface area (Å²) in [5.41, 5.74) is 11.4. The molecule has 0 saturated heterocycles. The van der Waals surface area contributed by atoms with Gasteiger partial charge in [-0.3, -0.25) is 0 Å². The lowest BCUT2D eigenvalue weighted by atomic mass is 9.84. The third kappa shape index (κ3) is 4.41. The molecule has 0 aliphatic heterocycles. The van der Waals surface area contributed by atoms with E-state index in [1.54, 1.807) is 0 Å². The van der Waals surface area contributed by atoms with Crippen LogP contribution in [0.5, 0.6) is 0 Å². The van der Waals surface area contributed by atoms with Crippen LogP contribution in [0.15, 0.2) is 167 Å². The molecule has 0 N–H and O–H groups in total. The van der Waals surface area contributed by atoms with Crippen LogP contribution in [0.1, 0.15) is 17.5 Å². The van der Waals surface area contributed by atoms with Gasteiger partial charge in [-0.1, -0.05) is 133 Å². The molecule has 0 spiro atoms. The molecule has 2 nitrogen and oxygen atoms in total. The summed E-state index contributed by atoms with van der Waals surface area (Å²) in [6.07, 6.45) is 2.93. The summed E-state index contributed by atoms with van der Waals surface area (Å²) in [5.74, 6) is 0. The predicted octanol–water partition coefficient (Wildman–Crippen LogP) is 13.3. The highest BCUT2D eigenvalue weighted by molar-refractivity contribution is 6.26. The van der Waals surface area contributed by atoms with Crippen LogP contribution < -0.4 is 0 Å². The number of rotatable bonds is 6. The molecule has 0 unspecified atom stereocenters. The van der Waals surface area contributed by atoms with Crippen LogP contribution in [0.25, 0.3) is 87.7 Å². The molecule has 0 aliphatic rings. The van der Waals surface area contributed by atoms with Crippen molar-refractivity contribution in [2.75, 3.05) is 0 Å². The fraction of sp³-hybridized carbons (Fsp3) is 0.0638. The van der Waals surface area contributed by atoms with E-state index in [0.717, 1.165) is 57.8 Å². The Labute approximate surface area is 283 Å². The summed E-state index contributed by atoms with van der Waals surface area (Å²) in [4.78, 5) is 0. The molecule has 0 aliphatic carbocycles. The Morgan fingerprint density at radius 2 is 0.898 bits per heavy atom. The minimum atomic E-state index is 0.901. The highest BCUT2D eigenvalue weighted by Crippen LogP contribution is 2.44. The summed E-state index contributed by atoms with van der Waals surface area (Å²) in [5, 5.41) is 9.90. The molecule has 8 aromatic carbocycles. The number of aryl methyl sites for hydroxylation is 2. The van der Waals surface area contributed by atoms with Crippen molar-refractivity contribution in [3.8, 4) is 22.3 Å². The third-order valence-corrected chi connectivity index (χ3v) is 10.3. The maximum atomic E-state index is 6.45. The van der Waals surface area contributed by atoms with Crippen LogP contribution in [-0.2, 0) is 12.8 Å². The van der Waals surface area contributed by atoms with Crippen LogP contribution >= 0.6 is 0 Å². The van der Waals surface area contributed by atoms with Crippen molar-refractivity contribution >= 4 is 65.4 Å². The van der Waals surface area contributed by atoms with Gasteiger partial charge >= 0.3 is 0 Å². The van der Waals surface area contributed by atoms with Crippen molar-refractivity contribution in [1.82, 2.24) is 0 Å². The van der Waals surface area contributed by atoms with E-state index >= 15 is 0 Å². The zero-order valence-corrected chi connectivity index (χ0v) is 26.9. The SMILES string of the molecule is c1ccc(-c2ccccc2-c2c3ccccc3c(CCCc3cccc4oc5ccc6oc7ccccc7c6c5c34)c3ccccc23)cc1. The monoisotopic (exact) mass is 628 g/mol. The topological polar surface area (TPSA) is 26.3 Å². The standard InChI is InChI=1S/C47H32O2/c1-2-14-30(15-3-1)32-18-4-7-21-36(32)45-37-22-8-5-19-34(37)33(35-20-6-9-23-38(35)45)25-12-16-31-17-13-27-41-44(31)47-43(49-41)29-28-42-46(47)39-24-10-11-26-40(39)48-42/h1-11,13-15,17-24,26-29H,12,16,25H2. The van der Waals surface area contributed by atoms with Crippen LogP contribution in [0.2, 0.25) is 0 Å². The van der Waals surface area contributed by atoms with E-state index in [4.69, 9.17) is 8.83 Å². The zero-order valence-electron chi connectivity index (χ0n) is 26.9. The average molecular weight is 629 g/mol. The van der Waals surface area contributed by atoms with Crippen molar-refractivity contribution in [2.45, 2.75) is 19.3 Å². The van der Waals surface area contributed by atoms with E-state index in [2.05, 4.69) is 140 Å². The van der Waals surface area contributed by atoms with Crippen LogP contribution in [-0.4, -0.2) is 0 Å². The average Bonchev–Trinajstić information content (AvgIpc) is 3.74. The molecule has 232 valence electrons. The Morgan fingerprint density at radius 1 is 0.347 bits per heavy atom. The van der Waals surface area contributed by atoms with Gasteiger partial charge in [0.2, 0.25) is 0 Å². The smallest absolute Gasteiger partial charge is 0.136 e. The highest BCUT2D eigenvalue weighted by Gasteiger charge is 2.20. The first kappa shape index (κ1) is 27.9. The van der Waals surface area contributed by atoms with Gasteiger partial charge in [0.15, 0.2) is 0 Å². The molecule has 0 atom stereocenters. The van der Waals surface area contributed by atoms with Crippen molar-refractivity contribution < 1.29 is 8.83 Å². The van der Waals surface area contributed by atoms with Gasteiger partial charge in [-0.2, -0.15) is 0 Å². The summed E-state index contributed by atoms with van der Waals surface area (Å²) < 4.78 is 12.7. The number of para-hydroxylation sites is 1. The van der Waals surface area contributed by atoms with Crippen molar-refractivity contribution in [1.29, 1.82) is 0 Å². The minimum absolute atomic E-state index is 0.901. The van der Waals surface area contributed by atoms with Crippen molar-refractivity contribution in [2.24, 2.45) is 0 Å². The molecule has 10 aromatic rings. The molecule has 2 heterocycles. The maximum Gasteiger partial charge on any atom is 0.136 e. The summed E-state index contributed by atoms with van der Waals surface area (Å²) >= 11 is 0. The summed E-state index contributed by atoms with van der Waals surface area (Å²) in [6, 6.07) is 56.5. The van der Waals surface area contributed by atoms with Crippen molar-refractivity contribution in [3.63, 3.8) is 0 Å². The molecule has 0 saturated carbocycles. The molecule has 2 heteroatoms. The Balaban J connectivity index is 1.10. The molecule has 0 bridgehead atoms. The first-order valence-electron chi connectivity index (χ1n) is 17.1. The normalized spacial score (nSPS) is 11.9. The predicted molar refractivity (Wildman–Crippen MR) is 205 cm³/mol. The van der Waals surface area contributed by atoms with Gasteiger partial charge in [0, 0.05) is 21.5 Å². The van der Waals surface area contributed by atoms with Gasteiger partial charge in [-0.15, -0.1) is 0 Å². The maximum absolute atomic E-state index is 6.45. The van der Waals surface area contributed by atoms with Gasteiger partial charge in [-0.05, 0) is 98.5 Å². The molecule has 0 amide bonds. The van der Waals surface area contributed by atoms with Gasteiger partial charge < -0.3 is 8.83 Å². The number of furan rings is 2. The Morgan fingerprint density at radius 3 is 1.65 bits per heavy atom. The second-order valence-corrected chi connectivity index (χ2v) is 13.0. The molecular formula is C47H32O2. The fourth-order valence-electron chi connectivity index (χ4n) is 8.21. The van der Waals surface area contributed by atoms with E-state index in [1.165, 1.54) is 60.3 Å². The van der Waals surface area contributed by atoms with E-state index in [0.29, 0.717) is 0 Å².